The van der Waals surface area contributed by atoms with Gasteiger partial charge < -0.3 is 28.2 Å². The third-order valence-corrected chi connectivity index (χ3v) is 9.07. The first-order valence-electron chi connectivity index (χ1n) is 13.9. The number of hydrogen-bond acceptors (Lipinski definition) is 8. The molecule has 0 bridgehead atoms. The van der Waals surface area contributed by atoms with Crippen LogP contribution in [0.5, 0.6) is 5.75 Å². The number of benzene rings is 2. The molecule has 3 heterocycles. The Labute approximate surface area is 252 Å². The van der Waals surface area contributed by atoms with E-state index in [-0.39, 0.29) is 51.8 Å². The molecule has 0 fully saturated rings. The van der Waals surface area contributed by atoms with E-state index in [2.05, 4.69) is 45.9 Å². The number of nitrogens with one attached hydrogen (secondary N) is 1. The number of fused-ring (bicyclic) bond motifs is 2. The highest BCUT2D eigenvalue weighted by Gasteiger charge is 2.64. The van der Waals surface area contributed by atoms with Crippen LogP contribution in [-0.2, 0) is 28.4 Å². The van der Waals surface area contributed by atoms with Gasteiger partial charge in [-0.25, -0.2) is 4.98 Å². The minimum absolute atomic E-state index is 0.0513. The molecule has 0 saturated heterocycles. The van der Waals surface area contributed by atoms with Gasteiger partial charge in [-0.15, -0.1) is 10.2 Å². The van der Waals surface area contributed by atoms with E-state index in [1.807, 2.05) is 0 Å². The lowest BCUT2D eigenvalue weighted by Gasteiger charge is -2.37. The van der Waals surface area contributed by atoms with Crippen molar-refractivity contribution < 1.29 is 31.8 Å². The van der Waals surface area contributed by atoms with Gasteiger partial charge in [0.05, 0.1) is 35.3 Å². The average molecular weight is 627 g/mol. The van der Waals surface area contributed by atoms with E-state index in [1.54, 1.807) is 19.2 Å². The van der Waals surface area contributed by atoms with Gasteiger partial charge in [0.25, 0.3) is 5.60 Å². The summed E-state index contributed by atoms with van der Waals surface area (Å²) in [6.07, 6.45) is -3.55. The molecule has 232 valence electrons. The summed E-state index contributed by atoms with van der Waals surface area (Å²) >= 11 is 0. The SMILES string of the molecule is COc1cc(C)c2[nH]ccc2c1C(OCc1nnc(C)o1)(c1nc2ccc(C#N)cc2n1COCC[Si](C)(C)C)C(F)(F)F. The van der Waals surface area contributed by atoms with Gasteiger partial charge in [0.1, 0.15) is 19.1 Å². The molecule has 3 aromatic heterocycles. The zero-order valence-electron chi connectivity index (χ0n) is 25.3. The fraction of sp³-hybridized carbons (Fsp3) is 0.400. The third kappa shape index (κ3) is 5.70. The fourth-order valence-electron chi connectivity index (χ4n) is 5.19. The van der Waals surface area contributed by atoms with Crippen molar-refractivity contribution in [1.29, 1.82) is 5.26 Å². The summed E-state index contributed by atoms with van der Waals surface area (Å²) in [5, 5.41) is 17.5. The van der Waals surface area contributed by atoms with Crippen molar-refractivity contribution in [2.24, 2.45) is 0 Å². The Morgan fingerprint density at radius 3 is 2.52 bits per heavy atom. The van der Waals surface area contributed by atoms with Gasteiger partial charge in [-0.2, -0.15) is 18.4 Å². The second-order valence-electron chi connectivity index (χ2n) is 11.7. The number of aromatic nitrogens is 5. The van der Waals surface area contributed by atoms with E-state index in [9.17, 15) is 5.26 Å². The maximum absolute atomic E-state index is 16.1. The van der Waals surface area contributed by atoms with Crippen LogP contribution < -0.4 is 4.74 Å². The Hall–Kier alpha value is -4.19. The van der Waals surface area contributed by atoms with Gasteiger partial charge in [0, 0.05) is 38.7 Å². The van der Waals surface area contributed by atoms with Crippen LogP contribution >= 0.6 is 0 Å². The number of nitriles is 1. The smallest absolute Gasteiger partial charge is 0.429 e. The predicted molar refractivity (Wildman–Crippen MR) is 159 cm³/mol. The lowest BCUT2D eigenvalue weighted by Crippen LogP contribution is -2.48. The third-order valence-electron chi connectivity index (χ3n) is 7.36. The maximum Gasteiger partial charge on any atom is 0.429 e. The summed E-state index contributed by atoms with van der Waals surface area (Å²) in [5.41, 5.74) is -1.59. The molecule has 0 aliphatic rings. The molecule has 2 aromatic carbocycles. The zero-order chi connectivity index (χ0) is 31.9. The molecule has 5 rings (SSSR count). The molecule has 0 amide bonds. The Bertz CT molecular complexity index is 1850. The van der Waals surface area contributed by atoms with E-state index in [1.165, 1.54) is 42.9 Å². The quantitative estimate of drug-likeness (QED) is 0.126. The Morgan fingerprint density at radius 2 is 1.89 bits per heavy atom. The molecule has 0 aliphatic carbocycles. The lowest BCUT2D eigenvalue weighted by molar-refractivity contribution is -0.276. The normalized spacial score (nSPS) is 13.8. The van der Waals surface area contributed by atoms with Crippen LogP contribution in [-0.4, -0.2) is 52.7 Å². The summed E-state index contributed by atoms with van der Waals surface area (Å²) in [7, 11) is -0.204. The first-order valence-corrected chi connectivity index (χ1v) is 17.6. The summed E-state index contributed by atoms with van der Waals surface area (Å²) in [4.78, 5) is 7.58. The molecule has 1 atom stereocenters. The molecule has 14 heteroatoms. The standard InChI is InChI=1S/C30H33F3N6O4Si/c1-18-13-24(40-3)26(21-9-10-35-27(18)21)29(30(31,32)33,42-16-25-38-37-19(2)43-25)28-36-22-8-7-20(15-34)14-23(22)39(28)17-41-11-12-44(4,5)6/h7-10,13-14,35H,11-12,16-17H2,1-6H3. The van der Waals surface area contributed by atoms with Gasteiger partial charge >= 0.3 is 6.18 Å². The van der Waals surface area contributed by atoms with Crippen molar-refractivity contribution in [2.75, 3.05) is 13.7 Å². The zero-order valence-corrected chi connectivity index (χ0v) is 26.3. The van der Waals surface area contributed by atoms with E-state index < -0.39 is 32.3 Å². The van der Waals surface area contributed by atoms with Crippen molar-refractivity contribution in [3.05, 3.63) is 70.8 Å². The number of aryl methyl sites for hydroxylation is 2. The molecule has 1 N–H and O–H groups in total. The summed E-state index contributed by atoms with van der Waals surface area (Å²) < 4.78 is 72.7. The molecule has 0 saturated carbocycles. The summed E-state index contributed by atoms with van der Waals surface area (Å²) in [5.74, 6) is -0.517. The molecular formula is C30H33F3N6O4Si. The van der Waals surface area contributed by atoms with E-state index >= 15 is 13.2 Å². The van der Waals surface area contributed by atoms with Crippen molar-refractivity contribution in [1.82, 2.24) is 24.7 Å². The molecule has 1 unspecified atom stereocenters. The van der Waals surface area contributed by atoms with Crippen LogP contribution in [0.2, 0.25) is 25.7 Å². The maximum atomic E-state index is 16.1. The van der Waals surface area contributed by atoms with Gasteiger partial charge in [-0.05, 0) is 48.9 Å². The van der Waals surface area contributed by atoms with Gasteiger partial charge in [-0.1, -0.05) is 19.6 Å². The van der Waals surface area contributed by atoms with Crippen LogP contribution in [0.25, 0.3) is 21.9 Å². The van der Waals surface area contributed by atoms with Crippen molar-refractivity contribution >= 4 is 30.0 Å². The van der Waals surface area contributed by atoms with E-state index in [0.717, 1.165) is 6.04 Å². The van der Waals surface area contributed by atoms with Gasteiger partial charge in [0.15, 0.2) is 5.82 Å². The monoisotopic (exact) mass is 626 g/mol. The Balaban J connectivity index is 1.84. The highest BCUT2D eigenvalue weighted by Crippen LogP contribution is 2.53. The predicted octanol–water partition coefficient (Wildman–Crippen LogP) is 6.73. The van der Waals surface area contributed by atoms with E-state index in [4.69, 9.17) is 18.6 Å². The van der Waals surface area contributed by atoms with Crippen LogP contribution in [0.3, 0.4) is 0 Å². The lowest BCUT2D eigenvalue weighted by atomic mass is 9.86. The number of methoxy groups -OCH3 is 1. The number of nitrogens with zero attached hydrogens (tertiary/aromatic N) is 5. The summed E-state index contributed by atoms with van der Waals surface area (Å²) in [6.45, 7) is 9.23. The number of ether oxygens (including phenoxy) is 3. The number of hydrogen-bond donors (Lipinski definition) is 1. The molecule has 10 nitrogen and oxygen atoms in total. The van der Waals surface area contributed by atoms with Gasteiger partial charge in [0.2, 0.25) is 11.8 Å². The van der Waals surface area contributed by atoms with Crippen LogP contribution in [0.4, 0.5) is 13.2 Å². The Morgan fingerprint density at radius 1 is 1.11 bits per heavy atom. The topological polar surface area (TPSA) is 124 Å². The average Bonchev–Trinajstić information content (AvgIpc) is 3.69. The highest BCUT2D eigenvalue weighted by atomic mass is 28.3. The van der Waals surface area contributed by atoms with Crippen molar-refractivity contribution in [3.8, 4) is 11.8 Å². The molecule has 0 radical (unpaired) electrons. The van der Waals surface area contributed by atoms with Crippen molar-refractivity contribution in [3.63, 3.8) is 0 Å². The minimum Gasteiger partial charge on any atom is -0.496 e. The Kier molecular flexibility index (Phi) is 8.32. The van der Waals surface area contributed by atoms with Crippen molar-refractivity contribution in [2.45, 2.75) is 64.6 Å². The number of aromatic amines is 1. The molecule has 0 aliphatic heterocycles. The largest absolute Gasteiger partial charge is 0.496 e. The van der Waals surface area contributed by atoms with Crippen LogP contribution in [0, 0.1) is 25.2 Å². The summed E-state index contributed by atoms with van der Waals surface area (Å²) in [6, 6.07) is 10.4. The molecular weight excluding hydrogens is 593 g/mol. The number of rotatable bonds is 11. The van der Waals surface area contributed by atoms with E-state index in [0.29, 0.717) is 17.7 Å². The highest BCUT2D eigenvalue weighted by molar-refractivity contribution is 6.76. The molecule has 44 heavy (non-hydrogen) atoms. The van der Waals surface area contributed by atoms with Gasteiger partial charge in [-0.3, -0.25) is 0 Å². The molecule has 0 spiro atoms. The minimum atomic E-state index is -5.11. The molecule has 5 aromatic rings. The van der Waals surface area contributed by atoms with Crippen LogP contribution in [0.15, 0.2) is 40.9 Å². The number of H-pyrrole nitrogens is 1. The number of imidazole rings is 1. The first-order chi connectivity index (χ1) is 20.8. The fourth-order valence-corrected chi connectivity index (χ4v) is 5.95. The van der Waals surface area contributed by atoms with Crippen LogP contribution in [0.1, 0.15) is 34.3 Å². The number of halogens is 3. The number of alkyl halides is 3. The second-order valence-corrected chi connectivity index (χ2v) is 17.4. The second kappa shape index (κ2) is 11.7. The first kappa shape index (κ1) is 31.2.